The number of ether oxygens (including phenoxy) is 1. The van der Waals surface area contributed by atoms with Crippen molar-refractivity contribution < 1.29 is 4.74 Å². The van der Waals surface area contributed by atoms with Gasteiger partial charge in [-0.3, -0.25) is 0 Å². The Balaban J connectivity index is 1.91. The second kappa shape index (κ2) is 9.47. The minimum atomic E-state index is 0.608. The average Bonchev–Trinajstić information content (AvgIpc) is 3.39. The lowest BCUT2D eigenvalue weighted by Crippen LogP contribution is -2.40. The highest BCUT2D eigenvalue weighted by Gasteiger charge is 2.21. The average molecular weight is 333 g/mol. The number of pyridine rings is 1. The summed E-state index contributed by atoms with van der Waals surface area (Å²) in [5, 5.41) is 3.35. The van der Waals surface area contributed by atoms with Gasteiger partial charge in [-0.15, -0.1) is 0 Å². The number of nitrogens with one attached hydrogen (secondary N) is 1. The Morgan fingerprint density at radius 2 is 2.17 bits per heavy atom. The first kappa shape index (κ1) is 18.5. The number of hydrogen-bond acceptors (Lipinski definition) is 4. The highest BCUT2D eigenvalue weighted by Crippen LogP contribution is 2.28. The molecule has 0 bridgehead atoms. The van der Waals surface area contributed by atoms with Crippen molar-refractivity contribution in [2.24, 2.45) is 10.9 Å². The summed E-state index contributed by atoms with van der Waals surface area (Å²) in [5.41, 5.74) is 1.12. The van der Waals surface area contributed by atoms with Crippen LogP contribution in [0, 0.1) is 5.92 Å². The molecule has 1 heterocycles. The first-order chi connectivity index (χ1) is 11.6. The molecule has 1 aromatic heterocycles. The molecule has 0 unspecified atom stereocenters. The van der Waals surface area contributed by atoms with Gasteiger partial charge >= 0.3 is 0 Å². The van der Waals surface area contributed by atoms with E-state index in [1.807, 2.05) is 31.3 Å². The van der Waals surface area contributed by atoms with E-state index in [4.69, 9.17) is 9.73 Å². The first-order valence-corrected chi connectivity index (χ1v) is 8.80. The summed E-state index contributed by atoms with van der Waals surface area (Å²) in [6.45, 7) is 6.03. The van der Waals surface area contributed by atoms with Crippen LogP contribution in [0.5, 0.6) is 0 Å². The number of aromatic nitrogens is 1. The Bertz CT molecular complexity index is 528. The van der Waals surface area contributed by atoms with Gasteiger partial charge in [0, 0.05) is 52.6 Å². The predicted molar refractivity (Wildman–Crippen MR) is 99.6 cm³/mol. The van der Waals surface area contributed by atoms with E-state index < -0.39 is 0 Å². The molecule has 0 atom stereocenters. The lowest BCUT2D eigenvalue weighted by molar-refractivity contribution is 0.115. The molecule has 6 nitrogen and oxygen atoms in total. The molecule has 0 radical (unpaired) electrons. The number of rotatable bonds is 9. The molecule has 1 N–H and O–H groups in total. The van der Waals surface area contributed by atoms with Crippen molar-refractivity contribution >= 4 is 11.8 Å². The van der Waals surface area contributed by atoms with Crippen molar-refractivity contribution in [3.8, 4) is 0 Å². The molecule has 24 heavy (non-hydrogen) atoms. The Morgan fingerprint density at radius 3 is 2.83 bits per heavy atom. The largest absolute Gasteiger partial charge is 0.379 e. The van der Waals surface area contributed by atoms with Gasteiger partial charge in [0.15, 0.2) is 5.96 Å². The zero-order valence-corrected chi connectivity index (χ0v) is 15.5. The van der Waals surface area contributed by atoms with E-state index >= 15 is 0 Å². The third-order valence-corrected chi connectivity index (χ3v) is 4.01. The maximum Gasteiger partial charge on any atom is 0.194 e. The van der Waals surface area contributed by atoms with E-state index in [1.54, 1.807) is 0 Å². The van der Waals surface area contributed by atoms with E-state index in [1.165, 1.54) is 12.8 Å². The summed E-state index contributed by atoms with van der Waals surface area (Å²) in [6.07, 6.45) is 4.48. The third-order valence-electron chi connectivity index (χ3n) is 4.01. The van der Waals surface area contributed by atoms with Crippen molar-refractivity contribution in [2.75, 3.05) is 52.3 Å². The van der Waals surface area contributed by atoms with E-state index in [9.17, 15) is 0 Å². The van der Waals surface area contributed by atoms with Gasteiger partial charge in [-0.25, -0.2) is 9.98 Å². The summed E-state index contributed by atoms with van der Waals surface area (Å²) in [6, 6.07) is 4.04. The summed E-state index contributed by atoms with van der Waals surface area (Å²) in [4.78, 5) is 13.3. The maximum atomic E-state index is 5.73. The van der Waals surface area contributed by atoms with Crippen LogP contribution in [0.4, 0.5) is 5.82 Å². The molecule has 134 valence electrons. The number of hydrogen-bond donors (Lipinski definition) is 1. The number of nitrogens with zero attached hydrogens (tertiary/aromatic N) is 4. The molecular formula is C18H31N5O. The quantitative estimate of drug-likeness (QED) is 0.425. The molecular weight excluding hydrogens is 302 g/mol. The molecule has 0 saturated heterocycles. The molecule has 1 aliphatic rings. The highest BCUT2D eigenvalue weighted by atomic mass is 16.5. The van der Waals surface area contributed by atoms with Gasteiger partial charge in [0.25, 0.3) is 0 Å². The number of likely N-dealkylation sites (N-methyl/N-ethyl adjacent to an activating group) is 1. The predicted octanol–water partition coefficient (Wildman–Crippen LogP) is 1.97. The standard InChI is InChI=1S/C18H31N5O/c1-5-19-18(23(4)11-12-24-14-15-8-9-15)21-13-16-7-6-10-20-17(16)22(2)3/h6-7,10,15H,5,8-9,11-14H2,1-4H3,(H,19,21). The van der Waals surface area contributed by atoms with Crippen LogP contribution in [0.3, 0.4) is 0 Å². The fourth-order valence-electron chi connectivity index (χ4n) is 2.43. The Kier molecular flexibility index (Phi) is 7.31. The summed E-state index contributed by atoms with van der Waals surface area (Å²) in [7, 11) is 6.06. The lowest BCUT2D eigenvalue weighted by atomic mass is 10.2. The van der Waals surface area contributed by atoms with Gasteiger partial charge in [0.1, 0.15) is 5.82 Å². The molecule has 1 saturated carbocycles. The van der Waals surface area contributed by atoms with E-state index in [-0.39, 0.29) is 0 Å². The molecule has 1 aliphatic carbocycles. The fraction of sp³-hybridized carbons (Fsp3) is 0.667. The monoisotopic (exact) mass is 333 g/mol. The van der Waals surface area contributed by atoms with Crippen molar-refractivity contribution in [1.82, 2.24) is 15.2 Å². The van der Waals surface area contributed by atoms with Gasteiger partial charge < -0.3 is 19.9 Å². The number of guanidine groups is 1. The minimum absolute atomic E-state index is 0.608. The highest BCUT2D eigenvalue weighted by molar-refractivity contribution is 5.79. The lowest BCUT2D eigenvalue weighted by Gasteiger charge is -2.22. The zero-order chi connectivity index (χ0) is 17.4. The normalized spacial score (nSPS) is 14.6. The van der Waals surface area contributed by atoms with Crippen molar-refractivity contribution in [2.45, 2.75) is 26.3 Å². The number of aliphatic imine (C=N–C) groups is 1. The fourth-order valence-corrected chi connectivity index (χ4v) is 2.43. The van der Waals surface area contributed by atoms with Crippen LogP contribution in [0.2, 0.25) is 0 Å². The van der Waals surface area contributed by atoms with Gasteiger partial charge in [-0.1, -0.05) is 6.07 Å². The molecule has 6 heteroatoms. The molecule has 1 fully saturated rings. The second-order valence-corrected chi connectivity index (χ2v) is 6.49. The molecule has 0 aromatic carbocycles. The topological polar surface area (TPSA) is 53.0 Å². The van der Waals surface area contributed by atoms with E-state index in [0.29, 0.717) is 6.54 Å². The smallest absolute Gasteiger partial charge is 0.194 e. The van der Waals surface area contributed by atoms with Gasteiger partial charge in [0.05, 0.1) is 13.2 Å². The number of anilines is 1. The van der Waals surface area contributed by atoms with Gasteiger partial charge in [-0.05, 0) is 31.7 Å². The van der Waals surface area contributed by atoms with E-state index in [0.717, 1.165) is 49.6 Å². The van der Waals surface area contributed by atoms with Crippen molar-refractivity contribution in [3.05, 3.63) is 23.9 Å². The summed E-state index contributed by atoms with van der Waals surface area (Å²) in [5.74, 6) is 2.68. The molecule has 2 rings (SSSR count). The van der Waals surface area contributed by atoms with Crippen LogP contribution in [-0.2, 0) is 11.3 Å². The van der Waals surface area contributed by atoms with Crippen LogP contribution in [0.15, 0.2) is 23.3 Å². The Morgan fingerprint density at radius 1 is 1.38 bits per heavy atom. The van der Waals surface area contributed by atoms with Crippen molar-refractivity contribution in [3.63, 3.8) is 0 Å². The molecule has 0 spiro atoms. The van der Waals surface area contributed by atoms with Crippen LogP contribution in [0.1, 0.15) is 25.3 Å². The SMILES string of the molecule is CCNC(=NCc1cccnc1N(C)C)N(C)CCOCC1CC1. The summed E-state index contributed by atoms with van der Waals surface area (Å²) >= 11 is 0. The summed E-state index contributed by atoms with van der Waals surface area (Å²) < 4.78 is 5.73. The first-order valence-electron chi connectivity index (χ1n) is 8.80. The molecule has 1 aromatic rings. The van der Waals surface area contributed by atoms with Crippen LogP contribution >= 0.6 is 0 Å². The van der Waals surface area contributed by atoms with Crippen LogP contribution in [0.25, 0.3) is 0 Å². The zero-order valence-electron chi connectivity index (χ0n) is 15.5. The molecule has 0 aliphatic heterocycles. The van der Waals surface area contributed by atoms with Crippen LogP contribution < -0.4 is 10.2 Å². The maximum absolute atomic E-state index is 5.73. The third kappa shape index (κ3) is 6.00. The Labute approximate surface area is 145 Å². The molecule has 0 amide bonds. The Hall–Kier alpha value is -1.82. The van der Waals surface area contributed by atoms with E-state index in [2.05, 4.69) is 35.2 Å². The van der Waals surface area contributed by atoms with Gasteiger partial charge in [0.2, 0.25) is 0 Å². The van der Waals surface area contributed by atoms with Crippen LogP contribution in [-0.4, -0.2) is 63.3 Å². The second-order valence-electron chi connectivity index (χ2n) is 6.49. The minimum Gasteiger partial charge on any atom is -0.379 e. The van der Waals surface area contributed by atoms with Gasteiger partial charge in [-0.2, -0.15) is 0 Å². The van der Waals surface area contributed by atoms with Crippen molar-refractivity contribution in [1.29, 1.82) is 0 Å².